The minimum Gasteiger partial charge on any atom is -0.494 e. The van der Waals surface area contributed by atoms with Crippen molar-refractivity contribution in [3.05, 3.63) is 52.1 Å². The van der Waals surface area contributed by atoms with E-state index >= 15 is 0 Å². The molecule has 0 saturated heterocycles. The van der Waals surface area contributed by atoms with Crippen molar-refractivity contribution in [2.75, 3.05) is 65.6 Å². The molecule has 3 N–H and O–H groups in total. The molecule has 0 fully saturated rings. The SMILES string of the molecule is CCOc1cc2c(cc1C(=O)NC)C(=N)N(CC(=O)c1cc(N(CCO)CCOC)c(OC)c(C(C)(C)C)c1)C2. The van der Waals surface area contributed by atoms with E-state index in [-0.39, 0.29) is 36.1 Å². The van der Waals surface area contributed by atoms with E-state index < -0.39 is 0 Å². The van der Waals surface area contributed by atoms with Gasteiger partial charge in [-0.15, -0.1) is 0 Å². The highest BCUT2D eigenvalue weighted by Crippen LogP contribution is 2.40. The number of nitrogens with zero attached hydrogens (tertiary/aromatic N) is 2. The smallest absolute Gasteiger partial charge is 0.254 e. The number of fused-ring (bicyclic) bond motifs is 1. The highest BCUT2D eigenvalue weighted by molar-refractivity contribution is 6.08. The van der Waals surface area contributed by atoms with Crippen LogP contribution in [0.5, 0.6) is 11.5 Å². The number of carbonyl (C=O) groups excluding carboxylic acids is 2. The van der Waals surface area contributed by atoms with E-state index in [4.69, 9.17) is 19.6 Å². The number of nitrogens with one attached hydrogen (secondary N) is 2. The molecule has 1 aliphatic rings. The summed E-state index contributed by atoms with van der Waals surface area (Å²) in [4.78, 5) is 29.9. The number of amides is 1. The molecule has 0 radical (unpaired) electrons. The minimum absolute atomic E-state index is 0.0137. The van der Waals surface area contributed by atoms with Gasteiger partial charge in [0, 0.05) is 50.5 Å². The summed E-state index contributed by atoms with van der Waals surface area (Å²) >= 11 is 0. The number of hydrogen-bond donors (Lipinski definition) is 3. The molecule has 0 bridgehead atoms. The maximum atomic E-state index is 13.8. The molecule has 2 aromatic carbocycles. The van der Waals surface area contributed by atoms with Crippen molar-refractivity contribution in [2.24, 2.45) is 0 Å². The van der Waals surface area contributed by atoms with Gasteiger partial charge in [-0.2, -0.15) is 0 Å². The third-order valence-electron chi connectivity index (χ3n) is 6.92. The predicted molar refractivity (Wildman–Crippen MR) is 155 cm³/mol. The summed E-state index contributed by atoms with van der Waals surface area (Å²) in [5, 5.41) is 21.1. The summed E-state index contributed by atoms with van der Waals surface area (Å²) in [6, 6.07) is 7.11. The molecule has 2 aromatic rings. The Morgan fingerprint density at radius 2 is 1.88 bits per heavy atom. The zero-order valence-electron chi connectivity index (χ0n) is 24.6. The first-order valence-electron chi connectivity index (χ1n) is 13.5. The molecule has 10 nitrogen and oxygen atoms in total. The Labute approximate surface area is 236 Å². The molecule has 1 amide bonds. The molecule has 0 saturated carbocycles. The average Bonchev–Trinajstić information content (AvgIpc) is 3.22. The fourth-order valence-electron chi connectivity index (χ4n) is 4.87. The zero-order valence-corrected chi connectivity index (χ0v) is 24.6. The number of aliphatic hydroxyl groups is 1. The number of carbonyl (C=O) groups is 2. The van der Waals surface area contributed by atoms with Crippen molar-refractivity contribution in [3.8, 4) is 11.5 Å². The molecular formula is C30H42N4O6. The molecule has 0 spiro atoms. The topological polar surface area (TPSA) is 124 Å². The first-order chi connectivity index (χ1) is 19.0. The maximum absolute atomic E-state index is 13.8. The van der Waals surface area contributed by atoms with Crippen molar-refractivity contribution in [2.45, 2.75) is 39.7 Å². The number of ether oxygens (including phenoxy) is 3. The van der Waals surface area contributed by atoms with Crippen molar-refractivity contribution in [3.63, 3.8) is 0 Å². The Balaban J connectivity index is 1.99. The molecule has 10 heteroatoms. The van der Waals surface area contributed by atoms with E-state index in [0.717, 1.165) is 11.1 Å². The molecule has 218 valence electrons. The van der Waals surface area contributed by atoms with Gasteiger partial charge in [0.05, 0.1) is 44.7 Å². The van der Waals surface area contributed by atoms with Crippen molar-refractivity contribution < 1.29 is 28.9 Å². The van der Waals surface area contributed by atoms with Crippen LogP contribution in [-0.4, -0.2) is 88.3 Å². The summed E-state index contributed by atoms with van der Waals surface area (Å²) in [6.45, 7) is 9.99. The van der Waals surface area contributed by atoms with Gasteiger partial charge < -0.3 is 34.4 Å². The van der Waals surface area contributed by atoms with E-state index in [9.17, 15) is 14.7 Å². The second-order valence-corrected chi connectivity index (χ2v) is 10.7. The standard InChI is InChI=1S/C30H42N4O6/c1-8-40-26-15-20-17-34(28(31)21(20)16-22(26)29(37)32-5)18-25(36)19-13-23(30(2,3)4)27(39-7)24(14-19)33(9-11-35)10-12-38-6/h13-16,31,35H,8-12,17-18H2,1-7H3,(H,32,37). The Morgan fingerprint density at radius 1 is 1.15 bits per heavy atom. The van der Waals surface area contributed by atoms with Crippen LogP contribution in [0, 0.1) is 5.41 Å². The number of benzene rings is 2. The first-order valence-corrected chi connectivity index (χ1v) is 13.5. The van der Waals surface area contributed by atoms with Gasteiger partial charge in [-0.25, -0.2) is 0 Å². The summed E-state index contributed by atoms with van der Waals surface area (Å²) < 4.78 is 16.8. The Morgan fingerprint density at radius 3 is 2.45 bits per heavy atom. The molecule has 0 unspecified atom stereocenters. The van der Waals surface area contributed by atoms with Crippen LogP contribution in [0.15, 0.2) is 24.3 Å². The quantitative estimate of drug-likeness (QED) is 0.323. The summed E-state index contributed by atoms with van der Waals surface area (Å²) in [5.41, 5.74) is 3.53. The van der Waals surface area contributed by atoms with E-state index in [1.54, 1.807) is 44.4 Å². The molecule has 0 aromatic heterocycles. The number of ketones is 1. The van der Waals surface area contributed by atoms with Gasteiger partial charge in [0.15, 0.2) is 5.78 Å². The second kappa shape index (κ2) is 13.1. The summed E-state index contributed by atoms with van der Waals surface area (Å²) in [7, 11) is 4.77. The first kappa shape index (κ1) is 30.9. The minimum atomic E-state index is -0.328. The van der Waals surface area contributed by atoms with Gasteiger partial charge in [-0.1, -0.05) is 20.8 Å². The normalized spacial score (nSPS) is 12.8. The number of hydrogen-bond acceptors (Lipinski definition) is 8. The Hall–Kier alpha value is -3.63. The average molecular weight is 555 g/mol. The lowest BCUT2D eigenvalue weighted by Crippen LogP contribution is -2.32. The third-order valence-corrected chi connectivity index (χ3v) is 6.92. The lowest BCUT2D eigenvalue weighted by atomic mass is 9.84. The molecule has 0 atom stereocenters. The predicted octanol–water partition coefficient (Wildman–Crippen LogP) is 3.22. The van der Waals surface area contributed by atoms with Crippen LogP contribution in [0.2, 0.25) is 0 Å². The number of anilines is 1. The van der Waals surface area contributed by atoms with E-state index in [1.807, 2.05) is 17.9 Å². The van der Waals surface area contributed by atoms with Crippen LogP contribution in [0.25, 0.3) is 0 Å². The molecule has 1 heterocycles. The highest BCUT2D eigenvalue weighted by atomic mass is 16.5. The van der Waals surface area contributed by atoms with E-state index in [0.29, 0.717) is 66.7 Å². The number of amidine groups is 1. The lowest BCUT2D eigenvalue weighted by molar-refractivity contribution is 0.0953. The van der Waals surface area contributed by atoms with E-state index in [2.05, 4.69) is 26.1 Å². The van der Waals surface area contributed by atoms with Gasteiger partial charge >= 0.3 is 0 Å². The van der Waals surface area contributed by atoms with Crippen molar-refractivity contribution >= 4 is 23.2 Å². The molecular weight excluding hydrogens is 512 g/mol. The van der Waals surface area contributed by atoms with Crippen LogP contribution in [-0.2, 0) is 16.7 Å². The van der Waals surface area contributed by atoms with Gasteiger partial charge in [0.25, 0.3) is 5.91 Å². The fourth-order valence-corrected chi connectivity index (χ4v) is 4.87. The molecule has 0 aliphatic carbocycles. The van der Waals surface area contributed by atoms with Crippen LogP contribution in [0.1, 0.15) is 65.1 Å². The van der Waals surface area contributed by atoms with E-state index in [1.165, 1.54) is 0 Å². The number of methoxy groups -OCH3 is 2. The van der Waals surface area contributed by atoms with Crippen LogP contribution in [0.3, 0.4) is 0 Å². The maximum Gasteiger partial charge on any atom is 0.254 e. The van der Waals surface area contributed by atoms with Gasteiger partial charge in [-0.3, -0.25) is 15.0 Å². The summed E-state index contributed by atoms with van der Waals surface area (Å²) in [6.07, 6.45) is 0. The van der Waals surface area contributed by atoms with Gasteiger partial charge in [0.2, 0.25) is 0 Å². The second-order valence-electron chi connectivity index (χ2n) is 10.7. The van der Waals surface area contributed by atoms with Gasteiger partial charge in [-0.05, 0) is 42.2 Å². The van der Waals surface area contributed by atoms with Crippen LogP contribution in [0.4, 0.5) is 5.69 Å². The monoisotopic (exact) mass is 554 g/mol. The largest absolute Gasteiger partial charge is 0.494 e. The number of rotatable bonds is 13. The molecule has 1 aliphatic heterocycles. The van der Waals surface area contributed by atoms with Crippen LogP contribution < -0.4 is 19.7 Å². The Kier molecular flexibility index (Phi) is 10.2. The van der Waals surface area contributed by atoms with Crippen LogP contribution >= 0.6 is 0 Å². The zero-order chi connectivity index (χ0) is 29.6. The van der Waals surface area contributed by atoms with Gasteiger partial charge in [0.1, 0.15) is 17.3 Å². The number of Topliss-reactive ketones (excluding diaryl/α,β-unsaturated/α-hetero) is 1. The highest BCUT2D eigenvalue weighted by Gasteiger charge is 2.31. The molecule has 3 rings (SSSR count). The third kappa shape index (κ3) is 6.56. The lowest BCUT2D eigenvalue weighted by Gasteiger charge is -2.31. The van der Waals surface area contributed by atoms with Crippen molar-refractivity contribution in [1.82, 2.24) is 10.2 Å². The number of aliphatic hydroxyl groups excluding tert-OH is 1. The van der Waals surface area contributed by atoms with Crippen molar-refractivity contribution in [1.29, 1.82) is 5.41 Å². The fraction of sp³-hybridized carbons (Fsp3) is 0.500. The Bertz CT molecular complexity index is 1250. The summed E-state index contributed by atoms with van der Waals surface area (Å²) in [5.74, 6) is 0.842. The molecule has 40 heavy (non-hydrogen) atoms.